The molecular formula is C16H27N3O. The zero-order valence-electron chi connectivity index (χ0n) is 13.1. The van der Waals surface area contributed by atoms with Crippen LogP contribution in [0.15, 0.2) is 24.3 Å². The molecule has 0 spiro atoms. The molecule has 1 atom stereocenters. The number of carbonyl (C=O) groups is 1. The predicted octanol–water partition coefficient (Wildman–Crippen LogP) is 2.26. The van der Waals surface area contributed by atoms with Crippen molar-refractivity contribution >= 4 is 11.6 Å². The molecular weight excluding hydrogens is 250 g/mol. The van der Waals surface area contributed by atoms with E-state index in [1.54, 1.807) is 0 Å². The Labute approximate surface area is 122 Å². The number of nitrogens with one attached hydrogen (secondary N) is 2. The van der Waals surface area contributed by atoms with Crippen LogP contribution >= 0.6 is 0 Å². The minimum atomic E-state index is -0.0186. The van der Waals surface area contributed by atoms with E-state index in [0.717, 1.165) is 12.2 Å². The minimum absolute atomic E-state index is 0.0186. The van der Waals surface area contributed by atoms with E-state index in [9.17, 15) is 4.79 Å². The summed E-state index contributed by atoms with van der Waals surface area (Å²) in [4.78, 5) is 14.2. The fraction of sp³-hybridized carbons (Fsp3) is 0.562. The summed E-state index contributed by atoms with van der Waals surface area (Å²) in [6.07, 6.45) is 2.37. The van der Waals surface area contributed by atoms with Gasteiger partial charge < -0.3 is 15.5 Å². The van der Waals surface area contributed by atoms with Gasteiger partial charge in [-0.2, -0.15) is 0 Å². The van der Waals surface area contributed by atoms with Crippen molar-refractivity contribution in [2.75, 3.05) is 32.1 Å². The maximum Gasteiger partial charge on any atom is 0.251 e. The van der Waals surface area contributed by atoms with Crippen molar-refractivity contribution in [2.24, 2.45) is 0 Å². The van der Waals surface area contributed by atoms with Crippen LogP contribution in [-0.2, 0) is 0 Å². The third-order valence-electron chi connectivity index (χ3n) is 3.48. The maximum atomic E-state index is 12.0. The van der Waals surface area contributed by atoms with Gasteiger partial charge in [-0.15, -0.1) is 0 Å². The Hall–Kier alpha value is -1.55. The van der Waals surface area contributed by atoms with Crippen molar-refractivity contribution in [3.8, 4) is 0 Å². The molecule has 1 amide bonds. The second-order valence-electron chi connectivity index (χ2n) is 5.22. The zero-order valence-corrected chi connectivity index (χ0v) is 13.1. The quantitative estimate of drug-likeness (QED) is 0.766. The van der Waals surface area contributed by atoms with E-state index in [1.807, 2.05) is 38.2 Å². The Morgan fingerprint density at radius 3 is 2.50 bits per heavy atom. The summed E-state index contributed by atoms with van der Waals surface area (Å²) < 4.78 is 0. The molecule has 0 aromatic heterocycles. The molecule has 1 aromatic carbocycles. The highest BCUT2D eigenvalue weighted by Crippen LogP contribution is 2.14. The molecule has 0 radical (unpaired) electrons. The second kappa shape index (κ2) is 8.59. The van der Waals surface area contributed by atoms with Crippen LogP contribution in [0.4, 0.5) is 5.69 Å². The van der Waals surface area contributed by atoms with E-state index in [1.165, 1.54) is 12.8 Å². The number of rotatable bonds is 8. The van der Waals surface area contributed by atoms with Gasteiger partial charge >= 0.3 is 0 Å². The molecule has 20 heavy (non-hydrogen) atoms. The summed E-state index contributed by atoms with van der Waals surface area (Å²) in [7, 11) is 3.97. The Morgan fingerprint density at radius 2 is 1.95 bits per heavy atom. The molecule has 0 aliphatic carbocycles. The van der Waals surface area contributed by atoms with E-state index in [-0.39, 0.29) is 11.9 Å². The average molecular weight is 277 g/mol. The number of nitrogens with zero attached hydrogens (tertiary/aromatic N) is 1. The lowest BCUT2D eigenvalue weighted by molar-refractivity contribution is 0.0950. The summed E-state index contributed by atoms with van der Waals surface area (Å²) >= 11 is 0. The van der Waals surface area contributed by atoms with Gasteiger partial charge in [0.25, 0.3) is 5.91 Å². The summed E-state index contributed by atoms with van der Waals surface area (Å²) in [5, 5.41) is 6.01. The summed E-state index contributed by atoms with van der Waals surface area (Å²) in [5.74, 6) is -0.0186. The van der Waals surface area contributed by atoms with Gasteiger partial charge in [0.2, 0.25) is 0 Å². The topological polar surface area (TPSA) is 44.4 Å². The van der Waals surface area contributed by atoms with Crippen molar-refractivity contribution in [3.05, 3.63) is 29.8 Å². The van der Waals surface area contributed by atoms with Crippen LogP contribution in [0, 0.1) is 0 Å². The minimum Gasteiger partial charge on any atom is -0.375 e. The Bertz CT molecular complexity index is 403. The van der Waals surface area contributed by atoms with Crippen molar-refractivity contribution < 1.29 is 4.79 Å². The summed E-state index contributed by atoms with van der Waals surface area (Å²) in [6.45, 7) is 5.90. The first-order valence-electron chi connectivity index (χ1n) is 7.35. The Kier molecular flexibility index (Phi) is 7.09. The number of hydrogen-bond donors (Lipinski definition) is 2. The van der Waals surface area contributed by atoms with Crippen LogP contribution in [0.1, 0.15) is 37.0 Å². The number of hydrogen-bond acceptors (Lipinski definition) is 3. The first-order chi connectivity index (χ1) is 9.58. The molecule has 0 saturated carbocycles. The van der Waals surface area contributed by atoms with Gasteiger partial charge in [0.05, 0.1) is 0 Å². The molecule has 0 aliphatic rings. The lowest BCUT2D eigenvalue weighted by atomic mass is 10.1. The van der Waals surface area contributed by atoms with Gasteiger partial charge in [-0.1, -0.05) is 13.3 Å². The standard InChI is InChI=1S/C16H27N3O/c1-5-6-11-19(4)15-9-7-14(8-10-15)16(20)18-12-13(2)17-3/h7-10,13,17H,5-6,11-12H2,1-4H3,(H,18,20). The van der Waals surface area contributed by atoms with Crippen molar-refractivity contribution in [1.82, 2.24) is 10.6 Å². The molecule has 1 unspecified atom stereocenters. The molecule has 2 N–H and O–H groups in total. The van der Waals surface area contributed by atoms with Crippen LogP contribution in [0.25, 0.3) is 0 Å². The van der Waals surface area contributed by atoms with Gasteiger partial charge in [-0.05, 0) is 44.7 Å². The molecule has 112 valence electrons. The molecule has 1 rings (SSSR count). The van der Waals surface area contributed by atoms with Gasteiger partial charge in [-0.25, -0.2) is 0 Å². The highest BCUT2D eigenvalue weighted by atomic mass is 16.1. The molecule has 1 aromatic rings. The Morgan fingerprint density at radius 1 is 1.30 bits per heavy atom. The molecule has 0 fully saturated rings. The summed E-state index contributed by atoms with van der Waals surface area (Å²) in [5.41, 5.74) is 1.86. The number of likely N-dealkylation sites (N-methyl/N-ethyl adjacent to an activating group) is 1. The van der Waals surface area contributed by atoms with Crippen LogP contribution in [0.3, 0.4) is 0 Å². The van der Waals surface area contributed by atoms with Crippen LogP contribution < -0.4 is 15.5 Å². The van der Waals surface area contributed by atoms with Crippen LogP contribution in [-0.4, -0.2) is 39.1 Å². The predicted molar refractivity (Wildman–Crippen MR) is 85.5 cm³/mol. The number of anilines is 1. The maximum absolute atomic E-state index is 12.0. The van der Waals surface area contributed by atoms with Crippen LogP contribution in [0.5, 0.6) is 0 Å². The molecule has 4 nitrogen and oxygen atoms in total. The lowest BCUT2D eigenvalue weighted by Crippen LogP contribution is -2.37. The largest absolute Gasteiger partial charge is 0.375 e. The van der Waals surface area contributed by atoms with Gasteiger partial charge in [0.15, 0.2) is 0 Å². The highest BCUT2D eigenvalue weighted by molar-refractivity contribution is 5.94. The average Bonchev–Trinajstić information content (AvgIpc) is 2.49. The van der Waals surface area contributed by atoms with E-state index in [0.29, 0.717) is 12.1 Å². The number of amides is 1. The third kappa shape index (κ3) is 5.21. The van der Waals surface area contributed by atoms with Crippen molar-refractivity contribution in [1.29, 1.82) is 0 Å². The molecule has 0 bridgehead atoms. The number of unbranched alkanes of at least 4 members (excludes halogenated alkanes) is 1. The van der Waals surface area contributed by atoms with E-state index in [4.69, 9.17) is 0 Å². The fourth-order valence-corrected chi connectivity index (χ4v) is 1.84. The molecule has 4 heteroatoms. The highest BCUT2D eigenvalue weighted by Gasteiger charge is 2.07. The fourth-order valence-electron chi connectivity index (χ4n) is 1.84. The van der Waals surface area contributed by atoms with Crippen molar-refractivity contribution in [3.63, 3.8) is 0 Å². The van der Waals surface area contributed by atoms with Crippen LogP contribution in [0.2, 0.25) is 0 Å². The van der Waals surface area contributed by atoms with Gasteiger partial charge in [0, 0.05) is 37.4 Å². The first-order valence-corrected chi connectivity index (χ1v) is 7.35. The van der Waals surface area contributed by atoms with Crippen molar-refractivity contribution in [2.45, 2.75) is 32.7 Å². The molecule has 0 heterocycles. The second-order valence-corrected chi connectivity index (χ2v) is 5.22. The van der Waals surface area contributed by atoms with E-state index < -0.39 is 0 Å². The first kappa shape index (κ1) is 16.5. The van der Waals surface area contributed by atoms with E-state index in [2.05, 4.69) is 29.5 Å². The monoisotopic (exact) mass is 277 g/mol. The smallest absolute Gasteiger partial charge is 0.251 e. The van der Waals surface area contributed by atoms with E-state index >= 15 is 0 Å². The third-order valence-corrected chi connectivity index (χ3v) is 3.48. The lowest BCUT2D eigenvalue weighted by Gasteiger charge is -2.19. The van der Waals surface area contributed by atoms with Gasteiger partial charge in [0.1, 0.15) is 0 Å². The Balaban J connectivity index is 2.55. The molecule has 0 aliphatic heterocycles. The zero-order chi connectivity index (χ0) is 15.0. The van der Waals surface area contributed by atoms with Gasteiger partial charge in [-0.3, -0.25) is 4.79 Å². The number of carbonyl (C=O) groups excluding carboxylic acids is 1. The number of benzene rings is 1. The SMILES string of the molecule is CCCCN(C)c1ccc(C(=O)NCC(C)NC)cc1. The summed E-state index contributed by atoms with van der Waals surface area (Å²) in [6, 6.07) is 8.06. The normalized spacial score (nSPS) is 12.0. The molecule has 0 saturated heterocycles.